The number of hydrogen-bond donors (Lipinski definition) is 1. The van der Waals surface area contributed by atoms with Crippen LogP contribution in [0.2, 0.25) is 0 Å². The zero-order valence-corrected chi connectivity index (χ0v) is 13.5. The Balaban J connectivity index is 2.45. The molecule has 2 aromatic rings. The predicted octanol–water partition coefficient (Wildman–Crippen LogP) is 4.27. The molecule has 0 aliphatic heterocycles. The number of carbonyl (C=O) groups is 1. The fraction of sp³-hybridized carbons (Fsp3) is 0.150. The third kappa shape index (κ3) is 4.26. The highest BCUT2D eigenvalue weighted by atomic mass is 16.2. The molecule has 2 rings (SSSR count). The van der Waals surface area contributed by atoms with Crippen LogP contribution in [0.1, 0.15) is 30.1 Å². The Morgan fingerprint density at radius 2 is 1.50 bits per heavy atom. The first-order valence-electron chi connectivity index (χ1n) is 7.61. The molecule has 0 amide bonds. The summed E-state index contributed by atoms with van der Waals surface area (Å²) in [7, 11) is 0. The largest absolute Gasteiger partial charge is 0.515 e. The number of aliphatic hydroxyl groups is 1. The molecular formula is C20H20N2O2. The van der Waals surface area contributed by atoms with Gasteiger partial charge in [-0.15, -0.1) is 0 Å². The molecule has 0 fully saturated rings. The van der Waals surface area contributed by atoms with Crippen LogP contribution >= 0.6 is 0 Å². The Morgan fingerprint density at radius 1 is 1.00 bits per heavy atom. The highest BCUT2D eigenvalue weighted by molar-refractivity contribution is 6.11. The van der Waals surface area contributed by atoms with Crippen molar-refractivity contribution in [2.24, 2.45) is 9.98 Å². The third-order valence-corrected chi connectivity index (χ3v) is 3.70. The molecule has 0 saturated carbocycles. The van der Waals surface area contributed by atoms with E-state index in [2.05, 4.69) is 16.7 Å². The van der Waals surface area contributed by atoms with E-state index >= 15 is 0 Å². The highest BCUT2D eigenvalue weighted by Gasteiger charge is 2.22. The number of rotatable bonds is 7. The molecule has 1 N–H and O–H groups in total. The fourth-order valence-corrected chi connectivity index (χ4v) is 2.41. The molecule has 0 aliphatic rings. The number of allylic oxidation sites excluding steroid dienone is 1. The molecule has 0 radical (unpaired) electrons. The van der Waals surface area contributed by atoms with Gasteiger partial charge in [0.25, 0.3) is 0 Å². The van der Waals surface area contributed by atoms with E-state index < -0.39 is 0 Å². The van der Waals surface area contributed by atoms with E-state index in [1.165, 1.54) is 13.1 Å². The fourth-order valence-electron chi connectivity index (χ4n) is 2.41. The van der Waals surface area contributed by atoms with Crippen LogP contribution in [0.4, 0.5) is 0 Å². The van der Waals surface area contributed by atoms with E-state index in [0.29, 0.717) is 0 Å². The molecule has 2 atom stereocenters. The number of aliphatic imine (C=N–C) groups is 2. The van der Waals surface area contributed by atoms with Gasteiger partial charge < -0.3 is 5.11 Å². The normalized spacial score (nSPS) is 14.3. The lowest BCUT2D eigenvalue weighted by Crippen LogP contribution is -2.09. The molecule has 0 aliphatic carbocycles. The average Bonchev–Trinajstić information content (AvgIpc) is 2.62. The molecule has 0 saturated heterocycles. The predicted molar refractivity (Wildman–Crippen MR) is 97.8 cm³/mol. The quantitative estimate of drug-likeness (QED) is 0.470. The van der Waals surface area contributed by atoms with E-state index in [1.54, 1.807) is 0 Å². The van der Waals surface area contributed by atoms with Gasteiger partial charge in [-0.25, -0.2) is 0 Å². The summed E-state index contributed by atoms with van der Waals surface area (Å²) < 4.78 is 0. The molecule has 122 valence electrons. The van der Waals surface area contributed by atoms with Gasteiger partial charge in [-0.1, -0.05) is 60.7 Å². The van der Waals surface area contributed by atoms with Gasteiger partial charge in [-0.3, -0.25) is 14.8 Å². The average molecular weight is 320 g/mol. The molecule has 0 spiro atoms. The second-order valence-electron chi connectivity index (χ2n) is 5.31. The van der Waals surface area contributed by atoms with Crippen molar-refractivity contribution < 1.29 is 9.90 Å². The van der Waals surface area contributed by atoms with Crippen LogP contribution in [0, 0.1) is 0 Å². The number of carbonyl (C=O) groups excluding carboxylic acids is 1. The number of nitrogens with zero attached hydrogens (tertiary/aromatic N) is 2. The zero-order valence-electron chi connectivity index (χ0n) is 13.5. The minimum Gasteiger partial charge on any atom is -0.515 e. The summed E-state index contributed by atoms with van der Waals surface area (Å²) in [5.74, 6) is -0.254. The topological polar surface area (TPSA) is 62.0 Å². The monoisotopic (exact) mass is 320 g/mol. The molecule has 0 unspecified atom stereocenters. The minimum absolute atomic E-state index is 0.145. The van der Waals surface area contributed by atoms with Crippen molar-refractivity contribution in [2.45, 2.75) is 19.0 Å². The van der Waals surface area contributed by atoms with Gasteiger partial charge in [0.2, 0.25) is 0 Å². The smallest absolute Gasteiger partial charge is 0.164 e. The van der Waals surface area contributed by atoms with E-state index in [0.717, 1.165) is 17.4 Å². The first kappa shape index (κ1) is 17.3. The Hall–Kier alpha value is -3.01. The van der Waals surface area contributed by atoms with Crippen LogP contribution in [0.3, 0.4) is 0 Å². The molecule has 2 aromatic carbocycles. The molecule has 24 heavy (non-hydrogen) atoms. The van der Waals surface area contributed by atoms with E-state index in [4.69, 9.17) is 0 Å². The lowest BCUT2D eigenvalue weighted by Gasteiger charge is -2.21. The van der Waals surface area contributed by atoms with Crippen molar-refractivity contribution in [2.75, 3.05) is 0 Å². The van der Waals surface area contributed by atoms with Gasteiger partial charge in [0.1, 0.15) is 12.1 Å². The molecule has 0 aromatic heterocycles. The van der Waals surface area contributed by atoms with Gasteiger partial charge in [0, 0.05) is 6.21 Å². The van der Waals surface area contributed by atoms with Crippen LogP contribution in [0.15, 0.2) is 82.5 Å². The Bertz CT molecular complexity index is 737. The maximum atomic E-state index is 11.5. The van der Waals surface area contributed by atoms with Crippen LogP contribution in [-0.2, 0) is 4.79 Å². The standard InChI is InChI=1S/C20H20N2O2/c1-15(24)18(14-23)13-22-20(17-11-7-4-8-12-17)19(21-2)16-9-5-3-6-10-16/h3-14,19-20,23H,2H2,1H3/b18-14-,22-13?/t19-,20-/m0/s1. The number of hydrogen-bond acceptors (Lipinski definition) is 4. The van der Waals surface area contributed by atoms with E-state index in [-0.39, 0.29) is 23.4 Å². The summed E-state index contributed by atoms with van der Waals surface area (Å²) in [4.78, 5) is 20.3. The van der Waals surface area contributed by atoms with Gasteiger partial charge in [-0.2, -0.15) is 0 Å². The molecule has 4 heteroatoms. The van der Waals surface area contributed by atoms with Crippen molar-refractivity contribution in [3.05, 3.63) is 83.6 Å². The Kier molecular flexibility index (Phi) is 6.20. The van der Waals surface area contributed by atoms with E-state index in [1.807, 2.05) is 60.7 Å². The third-order valence-electron chi connectivity index (χ3n) is 3.70. The Morgan fingerprint density at radius 3 is 1.92 bits per heavy atom. The van der Waals surface area contributed by atoms with Gasteiger partial charge in [0.05, 0.1) is 11.8 Å². The van der Waals surface area contributed by atoms with Gasteiger partial charge in [-0.05, 0) is 24.8 Å². The minimum atomic E-state index is -0.347. The lowest BCUT2D eigenvalue weighted by molar-refractivity contribution is -0.113. The Labute approximate surface area is 141 Å². The van der Waals surface area contributed by atoms with Gasteiger partial charge >= 0.3 is 0 Å². The maximum absolute atomic E-state index is 11.5. The SMILES string of the molecule is C=N[C@@H](c1ccccc1)[C@@H](N=C/C(=C/O)C(C)=O)c1ccccc1. The zero-order chi connectivity index (χ0) is 17.4. The summed E-state index contributed by atoms with van der Waals surface area (Å²) in [5.41, 5.74) is 2.08. The van der Waals surface area contributed by atoms with Crippen LogP contribution in [0.25, 0.3) is 0 Å². The lowest BCUT2D eigenvalue weighted by atomic mass is 9.94. The van der Waals surface area contributed by atoms with Crippen LogP contribution < -0.4 is 0 Å². The van der Waals surface area contributed by atoms with Crippen molar-refractivity contribution in [1.82, 2.24) is 0 Å². The second kappa shape index (κ2) is 8.58. The molecule has 0 heterocycles. The number of Topliss-reactive ketones (excluding diaryl/α,β-unsaturated/α-hetero) is 1. The number of aliphatic hydroxyl groups excluding tert-OH is 1. The molecular weight excluding hydrogens is 300 g/mol. The van der Waals surface area contributed by atoms with Crippen LogP contribution in [0.5, 0.6) is 0 Å². The van der Waals surface area contributed by atoms with E-state index in [9.17, 15) is 9.90 Å². The number of ketones is 1. The summed E-state index contributed by atoms with van der Waals surface area (Å²) >= 11 is 0. The summed E-state index contributed by atoms with van der Waals surface area (Å²) in [6, 6.07) is 18.8. The molecule has 4 nitrogen and oxygen atoms in total. The summed E-state index contributed by atoms with van der Waals surface area (Å²) in [6.45, 7) is 5.09. The summed E-state index contributed by atoms with van der Waals surface area (Å²) in [6.07, 6.45) is 2.16. The van der Waals surface area contributed by atoms with Crippen molar-refractivity contribution >= 4 is 18.7 Å². The first-order chi connectivity index (χ1) is 11.7. The van der Waals surface area contributed by atoms with Crippen molar-refractivity contribution in [3.8, 4) is 0 Å². The molecule has 0 bridgehead atoms. The number of benzene rings is 2. The maximum Gasteiger partial charge on any atom is 0.164 e. The second-order valence-corrected chi connectivity index (χ2v) is 5.31. The summed E-state index contributed by atoms with van der Waals surface area (Å²) in [5, 5.41) is 9.18. The van der Waals surface area contributed by atoms with Crippen LogP contribution in [-0.4, -0.2) is 23.8 Å². The highest BCUT2D eigenvalue weighted by Crippen LogP contribution is 2.34. The van der Waals surface area contributed by atoms with Crippen molar-refractivity contribution in [3.63, 3.8) is 0 Å². The van der Waals surface area contributed by atoms with Gasteiger partial charge in [0.15, 0.2) is 5.78 Å². The van der Waals surface area contributed by atoms with Crippen molar-refractivity contribution in [1.29, 1.82) is 0 Å². The first-order valence-corrected chi connectivity index (χ1v) is 7.61.